The van der Waals surface area contributed by atoms with Gasteiger partial charge in [-0.1, -0.05) is 105 Å². The van der Waals surface area contributed by atoms with Gasteiger partial charge in [0.1, 0.15) is 0 Å². The van der Waals surface area contributed by atoms with Crippen LogP contribution in [0.1, 0.15) is 137 Å². The topological polar surface area (TPSA) is 52.6 Å². The summed E-state index contributed by atoms with van der Waals surface area (Å²) in [6.45, 7) is 9.69. The van der Waals surface area contributed by atoms with Crippen molar-refractivity contribution in [2.75, 3.05) is 13.2 Å². The van der Waals surface area contributed by atoms with Crippen molar-refractivity contribution in [1.82, 2.24) is 0 Å². The Morgan fingerprint density at radius 2 is 1.12 bits per heavy atom. The second kappa shape index (κ2) is 19.3. The van der Waals surface area contributed by atoms with Crippen molar-refractivity contribution in [3.05, 3.63) is 0 Å². The van der Waals surface area contributed by atoms with Crippen LogP contribution >= 0.6 is 0 Å². The third-order valence-electron chi connectivity index (χ3n) is 7.43. The van der Waals surface area contributed by atoms with Crippen molar-refractivity contribution < 1.29 is 19.1 Å². The van der Waals surface area contributed by atoms with E-state index < -0.39 is 0 Å². The lowest BCUT2D eigenvalue weighted by atomic mass is 9.75. The minimum absolute atomic E-state index is 0.155. The predicted octanol–water partition coefficient (Wildman–Crippen LogP) is 8.26. The minimum Gasteiger partial charge on any atom is -0.465 e. The molecule has 0 bridgehead atoms. The normalized spacial score (nSPS) is 23.2. The van der Waals surface area contributed by atoms with Crippen molar-refractivity contribution in [3.8, 4) is 0 Å². The Balaban J connectivity index is 2.66. The van der Waals surface area contributed by atoms with Gasteiger partial charge in [0.25, 0.3) is 0 Å². The van der Waals surface area contributed by atoms with Crippen LogP contribution in [0, 0.1) is 23.7 Å². The Hall–Kier alpha value is -1.06. The van der Waals surface area contributed by atoms with E-state index in [1.165, 1.54) is 51.4 Å². The Kier molecular flexibility index (Phi) is 17.5. The molecule has 4 heteroatoms. The van der Waals surface area contributed by atoms with Crippen LogP contribution in [0.5, 0.6) is 0 Å². The van der Waals surface area contributed by atoms with Crippen LogP contribution in [0.15, 0.2) is 0 Å². The number of unbranched alkanes of at least 4 members (excludes halogenated alkanes) is 10. The summed E-state index contributed by atoms with van der Waals surface area (Å²) in [5.41, 5.74) is 0. The summed E-state index contributed by atoms with van der Waals surface area (Å²) in [6, 6.07) is 0. The third-order valence-corrected chi connectivity index (χ3v) is 7.43. The maximum Gasteiger partial charge on any atom is 0.310 e. The van der Waals surface area contributed by atoms with E-state index in [2.05, 4.69) is 27.7 Å². The molecule has 0 heterocycles. The first-order valence-electron chi connectivity index (χ1n) is 14.4. The van der Waals surface area contributed by atoms with E-state index in [-0.39, 0.29) is 35.6 Å². The van der Waals surface area contributed by atoms with Gasteiger partial charge in [-0.3, -0.25) is 9.59 Å². The van der Waals surface area contributed by atoms with E-state index in [1.54, 1.807) is 0 Å². The Morgan fingerprint density at radius 1 is 0.636 bits per heavy atom. The van der Waals surface area contributed by atoms with Crippen LogP contribution in [0.2, 0.25) is 0 Å². The maximum atomic E-state index is 13.3. The molecule has 0 aromatic carbocycles. The molecular weight excluding hydrogens is 412 g/mol. The summed E-state index contributed by atoms with van der Waals surface area (Å²) in [5.74, 6) is -0.641. The molecule has 1 aliphatic rings. The van der Waals surface area contributed by atoms with Gasteiger partial charge in [-0.05, 0) is 43.9 Å². The molecule has 1 fully saturated rings. The van der Waals surface area contributed by atoms with Crippen LogP contribution in [0.4, 0.5) is 0 Å². The van der Waals surface area contributed by atoms with E-state index in [1.807, 2.05) is 0 Å². The highest BCUT2D eigenvalue weighted by Crippen LogP contribution is 2.40. The number of rotatable bonds is 18. The van der Waals surface area contributed by atoms with Crippen molar-refractivity contribution in [2.45, 2.75) is 137 Å². The van der Waals surface area contributed by atoms with Crippen LogP contribution in [-0.2, 0) is 19.1 Å². The van der Waals surface area contributed by atoms with E-state index >= 15 is 0 Å². The molecule has 1 saturated carbocycles. The summed E-state index contributed by atoms with van der Waals surface area (Å²) in [4.78, 5) is 26.5. The first kappa shape index (κ1) is 30.0. The summed E-state index contributed by atoms with van der Waals surface area (Å²) in [7, 11) is 0. The minimum atomic E-state index is -0.360. The Labute approximate surface area is 205 Å². The zero-order valence-electron chi connectivity index (χ0n) is 22.4. The van der Waals surface area contributed by atoms with Gasteiger partial charge in [0, 0.05) is 0 Å². The van der Waals surface area contributed by atoms with Crippen LogP contribution < -0.4 is 0 Å². The summed E-state index contributed by atoms with van der Waals surface area (Å²) < 4.78 is 11.5. The molecule has 4 unspecified atom stereocenters. The van der Waals surface area contributed by atoms with Gasteiger partial charge in [0.2, 0.25) is 0 Å². The molecular formula is C29H54O4. The zero-order valence-corrected chi connectivity index (χ0v) is 22.4. The van der Waals surface area contributed by atoms with Crippen LogP contribution in [0.25, 0.3) is 0 Å². The molecule has 4 nitrogen and oxygen atoms in total. The van der Waals surface area contributed by atoms with E-state index in [0.29, 0.717) is 13.2 Å². The molecule has 0 N–H and O–H groups in total. The maximum absolute atomic E-state index is 13.3. The molecule has 1 rings (SSSR count). The smallest absolute Gasteiger partial charge is 0.310 e. The van der Waals surface area contributed by atoms with Gasteiger partial charge in [-0.25, -0.2) is 0 Å². The molecule has 0 radical (unpaired) electrons. The first-order valence-corrected chi connectivity index (χ1v) is 14.4. The molecule has 194 valence electrons. The summed E-state index contributed by atoms with van der Waals surface area (Å²) in [6.07, 6.45) is 19.1. The van der Waals surface area contributed by atoms with Crippen molar-refractivity contribution >= 4 is 11.9 Å². The number of ether oxygens (including phenoxy) is 2. The standard InChI is InChI=1S/C29H54O4/c1-5-8-10-12-14-16-22-32-28(30)26-24(4)20-18-21-25(19-7-3)27(26)29(31)33-23-17-15-13-11-9-6-2/h24-27H,5-23H2,1-4H3. The fraction of sp³-hybridized carbons (Fsp3) is 0.931. The van der Waals surface area contributed by atoms with E-state index in [0.717, 1.165) is 57.8 Å². The fourth-order valence-corrected chi connectivity index (χ4v) is 5.42. The van der Waals surface area contributed by atoms with Gasteiger partial charge < -0.3 is 9.47 Å². The van der Waals surface area contributed by atoms with Gasteiger partial charge >= 0.3 is 11.9 Å². The predicted molar refractivity (Wildman–Crippen MR) is 137 cm³/mol. The first-order chi connectivity index (χ1) is 16.1. The number of hydrogen-bond donors (Lipinski definition) is 0. The van der Waals surface area contributed by atoms with Crippen molar-refractivity contribution in [1.29, 1.82) is 0 Å². The van der Waals surface area contributed by atoms with Crippen molar-refractivity contribution in [3.63, 3.8) is 0 Å². The third kappa shape index (κ3) is 12.3. The molecule has 0 aromatic rings. The number of carbonyl (C=O) groups excluding carboxylic acids is 2. The molecule has 0 saturated heterocycles. The second-order valence-electron chi connectivity index (χ2n) is 10.4. The molecule has 0 aliphatic heterocycles. The fourth-order valence-electron chi connectivity index (χ4n) is 5.42. The molecule has 1 aliphatic carbocycles. The average molecular weight is 467 g/mol. The van der Waals surface area contributed by atoms with Crippen molar-refractivity contribution in [2.24, 2.45) is 23.7 Å². The van der Waals surface area contributed by atoms with Gasteiger partial charge in [-0.15, -0.1) is 0 Å². The molecule has 0 amide bonds. The highest BCUT2D eigenvalue weighted by Gasteiger charge is 2.45. The lowest BCUT2D eigenvalue weighted by molar-refractivity contribution is -0.165. The lowest BCUT2D eigenvalue weighted by Gasteiger charge is -2.31. The highest BCUT2D eigenvalue weighted by atomic mass is 16.5. The van der Waals surface area contributed by atoms with Gasteiger partial charge in [0.15, 0.2) is 0 Å². The number of esters is 2. The van der Waals surface area contributed by atoms with Crippen LogP contribution in [0.3, 0.4) is 0 Å². The summed E-state index contributed by atoms with van der Waals surface area (Å²) in [5, 5.41) is 0. The monoisotopic (exact) mass is 466 g/mol. The Bertz CT molecular complexity index is 504. The van der Waals surface area contributed by atoms with E-state index in [9.17, 15) is 9.59 Å². The molecule has 33 heavy (non-hydrogen) atoms. The SMILES string of the molecule is CCCCCCCCOC(=O)C1C(C)CCCC(CCC)C1C(=O)OCCCCCCCC. The number of carbonyl (C=O) groups is 2. The highest BCUT2D eigenvalue weighted by molar-refractivity contribution is 5.82. The van der Waals surface area contributed by atoms with Gasteiger partial charge in [0.05, 0.1) is 25.0 Å². The quantitative estimate of drug-likeness (QED) is 0.116. The second-order valence-corrected chi connectivity index (χ2v) is 10.4. The van der Waals surface area contributed by atoms with Crippen LogP contribution in [-0.4, -0.2) is 25.2 Å². The van der Waals surface area contributed by atoms with E-state index in [4.69, 9.17) is 9.47 Å². The number of hydrogen-bond acceptors (Lipinski definition) is 4. The lowest BCUT2D eigenvalue weighted by Crippen LogP contribution is -2.40. The largest absolute Gasteiger partial charge is 0.465 e. The van der Waals surface area contributed by atoms with Gasteiger partial charge in [-0.2, -0.15) is 0 Å². The Morgan fingerprint density at radius 3 is 1.64 bits per heavy atom. The molecule has 0 spiro atoms. The summed E-state index contributed by atoms with van der Waals surface area (Å²) >= 11 is 0. The average Bonchev–Trinajstić information content (AvgIpc) is 2.96. The molecule has 0 aromatic heterocycles. The molecule has 4 atom stereocenters. The zero-order chi connectivity index (χ0) is 24.3.